The first-order valence-corrected chi connectivity index (χ1v) is 25.2. The van der Waals surface area contributed by atoms with Gasteiger partial charge in [-0.3, -0.25) is 43.2 Å². The Bertz CT molecular complexity index is 2230. The second-order valence-electron chi connectivity index (χ2n) is 20.8. The van der Waals surface area contributed by atoms with Crippen molar-refractivity contribution < 1.29 is 53.0 Å². The van der Waals surface area contributed by atoms with Crippen molar-refractivity contribution >= 4 is 53.2 Å². The van der Waals surface area contributed by atoms with Gasteiger partial charge in [0.15, 0.2) is 0 Å². The van der Waals surface area contributed by atoms with Crippen molar-refractivity contribution in [2.45, 2.75) is 147 Å². The predicted molar refractivity (Wildman–Crippen MR) is 273 cm³/mol. The average molecular weight is 1020 g/mol. The Morgan fingerprint density at radius 2 is 1.21 bits per heavy atom. The van der Waals surface area contributed by atoms with E-state index in [4.69, 9.17) is 4.74 Å². The number of nitrogens with one attached hydrogen (secondary N) is 4. The van der Waals surface area contributed by atoms with Crippen LogP contribution in [0.15, 0.2) is 60.7 Å². The number of hydrogen-bond acceptors (Lipinski definition) is 11. The quantitative estimate of drug-likeness (QED) is 0.225. The van der Waals surface area contributed by atoms with Crippen molar-refractivity contribution in [1.82, 2.24) is 45.8 Å². The second kappa shape index (κ2) is 27.0. The minimum atomic E-state index is -1.63. The summed E-state index contributed by atoms with van der Waals surface area (Å²) < 4.78 is 6.01. The first-order chi connectivity index (χ1) is 34.3. The molecule has 2 aromatic carbocycles. The van der Waals surface area contributed by atoms with E-state index < -0.39 is 120 Å². The van der Waals surface area contributed by atoms with Gasteiger partial charge in [-0.2, -0.15) is 0 Å². The monoisotopic (exact) mass is 1020 g/mol. The molecule has 8 atom stereocenters. The van der Waals surface area contributed by atoms with Crippen LogP contribution in [0, 0.1) is 5.92 Å². The molecule has 4 rings (SSSR count). The Hall–Kier alpha value is -6.41. The number of benzene rings is 2. The number of likely N-dealkylation sites (N-methyl/N-ethyl adjacent to an activating group) is 4. The fourth-order valence-corrected chi connectivity index (χ4v) is 8.79. The van der Waals surface area contributed by atoms with Gasteiger partial charge < -0.3 is 55.6 Å². The standard InChI is InChI=1S/C53H79N9O11/c1-33(2)27-40-47(67)56-39(32-73-53(5,6)7)46(66)55-38(50(70)62-25-19-14-20-26-62)30-43(64)54-34(3)49(69)61(11)42(29-37-23-17-13-18-24-37)51(71)58(8)31-44(65)59(9)41(28-36-21-15-12-16-22-36)48(68)57-45(35(4)63)52(72)60(40)10/h12-13,15-18,21-24,33-35,38-42,45,63H,14,19-20,25-32H2,1-11H3,(H,54,64)(H,55,66)(H,56,67)(H,57,68)/t34-,35+,38-,39-,40-,41-,42-,45-/m0/s1. The lowest BCUT2D eigenvalue weighted by Gasteiger charge is -2.35. The van der Waals surface area contributed by atoms with Crippen LogP contribution in [0.25, 0.3) is 0 Å². The molecule has 0 radical (unpaired) electrons. The molecule has 5 N–H and O–H groups in total. The van der Waals surface area contributed by atoms with E-state index in [0.717, 1.165) is 21.1 Å². The number of amides is 9. The van der Waals surface area contributed by atoms with Crippen molar-refractivity contribution in [2.24, 2.45) is 5.92 Å². The van der Waals surface area contributed by atoms with E-state index >= 15 is 0 Å². The summed E-state index contributed by atoms with van der Waals surface area (Å²) in [7, 11) is 5.53. The number of rotatable bonds is 10. The normalized spacial score (nSPS) is 25.1. The zero-order valence-electron chi connectivity index (χ0n) is 44.5. The fraction of sp³-hybridized carbons (Fsp3) is 0.604. The highest BCUT2D eigenvalue weighted by Gasteiger charge is 2.41. The molecule has 0 aromatic heterocycles. The maximum atomic E-state index is 14.6. The van der Waals surface area contributed by atoms with Crippen LogP contribution in [0.3, 0.4) is 0 Å². The number of likely N-dealkylation sites (tertiary alicyclic amines) is 1. The van der Waals surface area contributed by atoms with Gasteiger partial charge in [0.05, 0.1) is 31.3 Å². The Labute approximate surface area is 430 Å². The molecule has 20 nitrogen and oxygen atoms in total. The molecule has 20 heteroatoms. The van der Waals surface area contributed by atoms with Crippen LogP contribution in [0.4, 0.5) is 0 Å². The fourth-order valence-electron chi connectivity index (χ4n) is 8.79. The molecule has 0 unspecified atom stereocenters. The Morgan fingerprint density at radius 3 is 1.74 bits per heavy atom. The molecular formula is C53H79N9O11. The number of hydrogen-bond donors (Lipinski definition) is 5. The molecule has 0 bridgehead atoms. The third-order valence-corrected chi connectivity index (χ3v) is 13.2. The van der Waals surface area contributed by atoms with E-state index in [9.17, 15) is 48.3 Å². The van der Waals surface area contributed by atoms with Crippen molar-refractivity contribution in [2.75, 3.05) is 54.4 Å². The van der Waals surface area contributed by atoms with Crippen LogP contribution in [0.5, 0.6) is 0 Å². The smallest absolute Gasteiger partial charge is 0.248 e. The van der Waals surface area contributed by atoms with E-state index in [-0.39, 0.29) is 31.8 Å². The molecule has 2 aromatic rings. The second-order valence-corrected chi connectivity index (χ2v) is 20.8. The number of nitrogens with zero attached hydrogens (tertiary/aromatic N) is 5. The molecule has 73 heavy (non-hydrogen) atoms. The summed E-state index contributed by atoms with van der Waals surface area (Å²) in [6, 6.07) is 8.16. The number of carbonyl (C=O) groups excluding carboxylic acids is 9. The van der Waals surface area contributed by atoms with Crippen molar-refractivity contribution in [3.05, 3.63) is 71.8 Å². The molecule has 0 spiro atoms. The lowest BCUT2D eigenvalue weighted by atomic mass is 9.99. The molecule has 2 heterocycles. The molecule has 2 aliphatic rings. The molecule has 2 fully saturated rings. The number of carbonyl (C=O) groups is 9. The topological polar surface area (TPSA) is 247 Å². The van der Waals surface area contributed by atoms with Crippen molar-refractivity contribution in [3.8, 4) is 0 Å². The summed E-state index contributed by atoms with van der Waals surface area (Å²) in [5.41, 5.74) is 0.533. The highest BCUT2D eigenvalue weighted by atomic mass is 16.5. The van der Waals surface area contributed by atoms with Crippen LogP contribution in [0.2, 0.25) is 0 Å². The number of ether oxygens (including phenoxy) is 1. The third-order valence-electron chi connectivity index (χ3n) is 13.2. The van der Waals surface area contributed by atoms with Crippen LogP contribution >= 0.6 is 0 Å². The van der Waals surface area contributed by atoms with Gasteiger partial charge in [-0.05, 0) is 77.3 Å². The highest BCUT2D eigenvalue weighted by Crippen LogP contribution is 2.19. The van der Waals surface area contributed by atoms with Crippen LogP contribution in [-0.2, 0) is 60.7 Å². The Morgan fingerprint density at radius 1 is 0.671 bits per heavy atom. The number of aliphatic hydroxyl groups excluding tert-OH is 1. The zero-order valence-corrected chi connectivity index (χ0v) is 44.5. The summed E-state index contributed by atoms with van der Waals surface area (Å²) in [5, 5.41) is 21.9. The molecule has 2 aliphatic heterocycles. The molecule has 9 amide bonds. The van der Waals surface area contributed by atoms with Crippen LogP contribution in [0.1, 0.15) is 91.7 Å². The van der Waals surface area contributed by atoms with E-state index in [1.165, 1.54) is 46.9 Å². The average Bonchev–Trinajstić information content (AvgIpc) is 3.35. The van der Waals surface area contributed by atoms with Crippen molar-refractivity contribution in [1.29, 1.82) is 0 Å². The predicted octanol–water partition coefficient (Wildman–Crippen LogP) is 1.03. The van der Waals surface area contributed by atoms with E-state index in [2.05, 4.69) is 21.3 Å². The number of piperidine rings is 1. The lowest BCUT2D eigenvalue weighted by molar-refractivity contribution is -0.149. The summed E-state index contributed by atoms with van der Waals surface area (Å²) in [5.74, 6) is -6.80. The van der Waals surface area contributed by atoms with Gasteiger partial charge in [-0.25, -0.2) is 0 Å². The Balaban J connectivity index is 1.85. The molecule has 0 saturated carbocycles. The highest BCUT2D eigenvalue weighted by molar-refractivity contribution is 5.99. The minimum absolute atomic E-state index is 0.0201. The molecule has 2 saturated heterocycles. The summed E-state index contributed by atoms with van der Waals surface area (Å²) in [6.45, 7) is 11.4. The van der Waals surface area contributed by atoms with Gasteiger partial charge in [-0.1, -0.05) is 74.5 Å². The zero-order chi connectivity index (χ0) is 54.3. The van der Waals surface area contributed by atoms with E-state index in [0.29, 0.717) is 37.1 Å². The Kier molecular flexibility index (Phi) is 21.9. The van der Waals surface area contributed by atoms with Crippen molar-refractivity contribution in [3.63, 3.8) is 0 Å². The molecular weight excluding hydrogens is 939 g/mol. The van der Waals surface area contributed by atoms with Gasteiger partial charge in [0.25, 0.3) is 0 Å². The van der Waals surface area contributed by atoms with Gasteiger partial charge in [-0.15, -0.1) is 0 Å². The SMILES string of the molecule is CC(C)C[C@H]1C(=O)N[C@@H](COC(C)(C)C)C(=O)N[C@H](C(=O)N2CCCCC2)CC(=O)N[C@@H](C)C(=O)N(C)[C@@H](Cc2ccccc2)C(=O)N(C)CC(=O)N(C)[C@@H](Cc2ccccc2)C(=O)N[C@@H]([C@@H](C)O)C(=O)N1C. The largest absolute Gasteiger partial charge is 0.391 e. The van der Waals surface area contributed by atoms with E-state index in [1.807, 2.05) is 13.8 Å². The molecule has 402 valence electrons. The summed E-state index contributed by atoms with van der Waals surface area (Å²) >= 11 is 0. The van der Waals surface area contributed by atoms with Crippen LogP contribution in [-0.4, -0.2) is 191 Å². The minimum Gasteiger partial charge on any atom is -0.391 e. The number of aliphatic hydroxyl groups is 1. The van der Waals surface area contributed by atoms with Gasteiger partial charge in [0.1, 0.15) is 42.3 Å². The summed E-state index contributed by atoms with van der Waals surface area (Å²) in [4.78, 5) is 136. The van der Waals surface area contributed by atoms with E-state index in [1.54, 1.807) is 86.3 Å². The summed E-state index contributed by atoms with van der Waals surface area (Å²) in [6.07, 6.45) is 0.230. The third kappa shape index (κ3) is 17.4. The molecule has 0 aliphatic carbocycles. The first kappa shape index (κ1) is 59.2. The lowest BCUT2D eigenvalue weighted by Crippen LogP contribution is -2.62. The van der Waals surface area contributed by atoms with Gasteiger partial charge in [0.2, 0.25) is 53.2 Å². The van der Waals surface area contributed by atoms with Crippen LogP contribution < -0.4 is 21.3 Å². The maximum absolute atomic E-state index is 14.6. The first-order valence-electron chi connectivity index (χ1n) is 25.2. The maximum Gasteiger partial charge on any atom is 0.248 e. The van der Waals surface area contributed by atoms with Gasteiger partial charge in [0, 0.05) is 54.1 Å². The van der Waals surface area contributed by atoms with Gasteiger partial charge >= 0.3 is 0 Å².